The van der Waals surface area contributed by atoms with Gasteiger partial charge in [0.05, 0.1) is 32.4 Å². The van der Waals surface area contributed by atoms with Gasteiger partial charge in [-0.3, -0.25) is 5.32 Å². The molecule has 0 fully saturated rings. The van der Waals surface area contributed by atoms with Gasteiger partial charge in [-0.2, -0.15) is 0 Å². The molecule has 0 aliphatic rings. The quantitative estimate of drug-likeness (QED) is 0.149. The maximum absolute atomic E-state index is 4.27. The molecule has 8 heteroatoms. The molecule has 3 rings (SSSR count). The molecule has 1 N–H and O–H groups in total. The van der Waals surface area contributed by atoms with Crippen LogP contribution in [0.3, 0.4) is 0 Å². The number of nitrogens with zero attached hydrogens (tertiary/aromatic N) is 7. The third-order valence-electron chi connectivity index (χ3n) is 8.47. The molecule has 226 valence electrons. The minimum atomic E-state index is -0.140. The molecular weight excluding hydrogens is 508 g/mol. The van der Waals surface area contributed by atoms with E-state index in [-0.39, 0.29) is 5.41 Å². The van der Waals surface area contributed by atoms with Crippen LogP contribution in [0.1, 0.15) is 77.8 Å². The van der Waals surface area contributed by atoms with E-state index in [0.717, 1.165) is 83.9 Å². The van der Waals surface area contributed by atoms with Gasteiger partial charge in [0.15, 0.2) is 0 Å². The van der Waals surface area contributed by atoms with Crippen molar-refractivity contribution in [2.24, 2.45) is 5.41 Å². The molecular formula is C33H58N8+4. The van der Waals surface area contributed by atoms with E-state index >= 15 is 0 Å². The molecule has 0 aromatic carbocycles. The molecule has 0 unspecified atom stereocenters. The first kappa shape index (κ1) is 32.4. The average molecular weight is 567 g/mol. The lowest BCUT2D eigenvalue weighted by molar-refractivity contribution is -0.795. The Hall–Kier alpha value is -3.16. The van der Waals surface area contributed by atoms with Gasteiger partial charge in [0, 0.05) is 27.7 Å². The van der Waals surface area contributed by atoms with Crippen molar-refractivity contribution in [2.45, 2.75) is 120 Å². The van der Waals surface area contributed by atoms with Crippen LogP contribution in [0.25, 0.3) is 0 Å². The van der Waals surface area contributed by atoms with Gasteiger partial charge < -0.3 is 0 Å². The summed E-state index contributed by atoms with van der Waals surface area (Å²) in [5, 5.41) is 3.63. The molecule has 3 aromatic rings. The van der Waals surface area contributed by atoms with Crippen molar-refractivity contribution >= 4 is 5.84 Å². The molecule has 3 heterocycles. The van der Waals surface area contributed by atoms with Crippen LogP contribution in [-0.4, -0.2) is 37.2 Å². The first-order chi connectivity index (χ1) is 19.7. The second kappa shape index (κ2) is 15.2. The second-order valence-electron chi connectivity index (χ2n) is 11.8. The lowest BCUT2D eigenvalue weighted by Gasteiger charge is -2.29. The van der Waals surface area contributed by atoms with E-state index in [1.54, 1.807) is 0 Å². The molecule has 3 aromatic heterocycles. The zero-order valence-electron chi connectivity index (χ0n) is 27.4. The Kier molecular flexibility index (Phi) is 12.0. The van der Waals surface area contributed by atoms with Crippen molar-refractivity contribution in [3.05, 3.63) is 67.4 Å². The predicted molar refractivity (Wildman–Crippen MR) is 166 cm³/mol. The maximum Gasteiger partial charge on any atom is 0.253 e. The summed E-state index contributed by atoms with van der Waals surface area (Å²) in [6, 6.07) is 0. The van der Waals surface area contributed by atoms with Gasteiger partial charge in [0.1, 0.15) is 68.8 Å². The summed E-state index contributed by atoms with van der Waals surface area (Å²) < 4.78 is 16.9. The Bertz CT molecular complexity index is 1160. The highest BCUT2D eigenvalue weighted by Crippen LogP contribution is 2.22. The van der Waals surface area contributed by atoms with Crippen molar-refractivity contribution in [1.82, 2.24) is 19.0 Å². The number of imidazole rings is 3. The highest BCUT2D eigenvalue weighted by Gasteiger charge is 2.43. The summed E-state index contributed by atoms with van der Waals surface area (Å²) in [4.78, 5) is 0. The van der Waals surface area contributed by atoms with E-state index in [4.69, 9.17) is 0 Å². The predicted octanol–water partition coefficient (Wildman–Crippen LogP) is 4.07. The molecule has 41 heavy (non-hydrogen) atoms. The van der Waals surface area contributed by atoms with Crippen LogP contribution in [0.4, 0.5) is 0 Å². The summed E-state index contributed by atoms with van der Waals surface area (Å²) in [7, 11) is 0. The maximum atomic E-state index is 4.27. The van der Waals surface area contributed by atoms with E-state index in [0.29, 0.717) is 0 Å². The number of nitrogens with one attached hydrogen (secondary N) is 1. The van der Waals surface area contributed by atoms with E-state index < -0.39 is 0 Å². The van der Waals surface area contributed by atoms with E-state index in [1.165, 1.54) is 17.5 Å². The zero-order chi connectivity index (χ0) is 30.0. The fourth-order valence-corrected chi connectivity index (χ4v) is 6.03. The minimum absolute atomic E-state index is 0.140. The topological polar surface area (TPSA) is 41.5 Å². The number of aryl methyl sites for hydroxylation is 3. The van der Waals surface area contributed by atoms with Crippen LogP contribution in [0.5, 0.6) is 0 Å². The first-order valence-electron chi connectivity index (χ1n) is 15.8. The van der Waals surface area contributed by atoms with Gasteiger partial charge >= 0.3 is 0 Å². The van der Waals surface area contributed by atoms with Crippen molar-refractivity contribution in [3.8, 4) is 0 Å². The van der Waals surface area contributed by atoms with E-state index in [1.807, 2.05) is 6.20 Å². The minimum Gasteiger partial charge on any atom is -0.278 e. The summed E-state index contributed by atoms with van der Waals surface area (Å²) in [5.41, 5.74) is -0.140. The summed E-state index contributed by atoms with van der Waals surface area (Å²) in [6.07, 6.45) is 20.1. The molecule has 0 spiro atoms. The standard InChI is InChI=1S/C33H57N8/c1-10-15-34-29(6)35(14-5)25-33(26-39-22-19-36(16-11-2)30(39)7,27-40-23-20-37(17-12-3)31(40)8)28-41-24-21-38(18-13-4)32(41)9/h14,19-24H,5,10-13,15-18,25-28H2,1-4,6-9H3/q+3/p+1. The van der Waals surface area contributed by atoms with E-state index in [9.17, 15) is 0 Å². The van der Waals surface area contributed by atoms with Crippen LogP contribution in [0, 0.1) is 26.2 Å². The third-order valence-corrected chi connectivity index (χ3v) is 8.47. The smallest absolute Gasteiger partial charge is 0.253 e. The van der Waals surface area contributed by atoms with Crippen molar-refractivity contribution in [1.29, 1.82) is 0 Å². The monoisotopic (exact) mass is 566 g/mol. The highest BCUT2D eigenvalue weighted by molar-refractivity contribution is 5.74. The molecule has 0 saturated carbocycles. The number of amidine groups is 1. The van der Waals surface area contributed by atoms with Crippen LogP contribution < -0.4 is 19.0 Å². The Morgan fingerprint density at radius 1 is 0.756 bits per heavy atom. The number of rotatable bonds is 17. The van der Waals surface area contributed by atoms with Crippen molar-refractivity contribution in [3.63, 3.8) is 0 Å². The Morgan fingerprint density at radius 2 is 1.15 bits per heavy atom. The number of hydrogen-bond donors (Lipinski definition) is 1. The Balaban J connectivity index is 2.19. The molecule has 0 radical (unpaired) electrons. The molecule has 0 aliphatic heterocycles. The molecule has 0 saturated heterocycles. The van der Waals surface area contributed by atoms with Crippen molar-refractivity contribution < 1.29 is 18.3 Å². The van der Waals surface area contributed by atoms with Crippen LogP contribution in [-0.2, 0) is 39.3 Å². The summed E-state index contributed by atoms with van der Waals surface area (Å²) in [6.45, 7) is 29.8. The molecule has 0 atom stereocenters. The third kappa shape index (κ3) is 7.98. The normalized spacial score (nSPS) is 12.6. The van der Waals surface area contributed by atoms with Crippen LogP contribution in [0.15, 0.2) is 50.0 Å². The van der Waals surface area contributed by atoms with Gasteiger partial charge in [0.2, 0.25) is 5.84 Å². The SMILES string of the molecule is C=C[N+](CC(C[n+]1ccn(CCC)c1C)(C[n+]1ccn(CCC)c1C)C[n+]1ccn(CCC)c1C)=C(C)NCCC. The average Bonchev–Trinajstić information content (AvgIpc) is 3.60. The van der Waals surface area contributed by atoms with Gasteiger partial charge in [-0.1, -0.05) is 34.3 Å². The Labute approximate surface area is 249 Å². The van der Waals surface area contributed by atoms with Gasteiger partial charge in [-0.05, 0) is 25.7 Å². The lowest BCUT2D eigenvalue weighted by atomic mass is 9.86. The fraction of sp³-hybridized carbons (Fsp3) is 0.636. The van der Waals surface area contributed by atoms with Crippen LogP contribution in [0.2, 0.25) is 0 Å². The van der Waals surface area contributed by atoms with Crippen molar-refractivity contribution in [2.75, 3.05) is 13.1 Å². The first-order valence-corrected chi connectivity index (χ1v) is 15.8. The molecule has 0 bridgehead atoms. The lowest BCUT2D eigenvalue weighted by Crippen LogP contribution is -2.61. The fourth-order valence-electron chi connectivity index (χ4n) is 6.03. The molecule has 0 amide bonds. The largest absolute Gasteiger partial charge is 0.278 e. The van der Waals surface area contributed by atoms with Gasteiger partial charge in [0.25, 0.3) is 17.5 Å². The van der Waals surface area contributed by atoms with E-state index in [2.05, 4.69) is 136 Å². The second-order valence-corrected chi connectivity index (χ2v) is 11.8. The van der Waals surface area contributed by atoms with Gasteiger partial charge in [-0.25, -0.2) is 32.0 Å². The highest BCUT2D eigenvalue weighted by atomic mass is 15.2. The molecule has 0 aliphatic carbocycles. The van der Waals surface area contributed by atoms with Crippen LogP contribution >= 0.6 is 0 Å². The zero-order valence-corrected chi connectivity index (χ0v) is 27.4. The Morgan fingerprint density at radius 3 is 1.46 bits per heavy atom. The summed E-state index contributed by atoms with van der Waals surface area (Å²) >= 11 is 0. The number of aromatic nitrogens is 6. The number of hydrogen-bond acceptors (Lipinski definition) is 0. The molecule has 8 nitrogen and oxygen atoms in total. The summed E-state index contributed by atoms with van der Waals surface area (Å²) in [5.74, 6) is 5.08. The van der Waals surface area contributed by atoms with Gasteiger partial charge in [-0.15, -0.1) is 0 Å².